The van der Waals surface area contributed by atoms with Gasteiger partial charge < -0.3 is 19.4 Å². The monoisotopic (exact) mass is 372 g/mol. The van der Waals surface area contributed by atoms with Crippen LogP contribution in [0.15, 0.2) is 42.6 Å². The summed E-state index contributed by atoms with van der Waals surface area (Å²) in [5, 5.41) is 0.579. The number of halogens is 1. The van der Waals surface area contributed by atoms with Crippen LogP contribution in [0.2, 0.25) is 5.02 Å². The van der Waals surface area contributed by atoms with Crippen molar-refractivity contribution < 1.29 is 14.3 Å². The fraction of sp³-hybridized carbons (Fsp3) is 0.278. The van der Waals surface area contributed by atoms with Crippen LogP contribution in [-0.4, -0.2) is 45.6 Å². The van der Waals surface area contributed by atoms with Crippen molar-refractivity contribution in [3.8, 4) is 0 Å². The second-order valence-corrected chi connectivity index (χ2v) is 6.35. The molecule has 1 aliphatic rings. The van der Waals surface area contributed by atoms with Gasteiger partial charge in [-0.3, -0.25) is 0 Å². The zero-order valence-electron chi connectivity index (χ0n) is 13.9. The minimum Gasteiger partial charge on any atom is -0.444 e. The molecule has 0 bridgehead atoms. The zero-order valence-corrected chi connectivity index (χ0v) is 14.6. The summed E-state index contributed by atoms with van der Waals surface area (Å²) in [6.07, 6.45) is 0.961. The number of nitrogens with one attached hydrogen (secondary N) is 1. The number of hydrogen-bond donors (Lipinski definition) is 1. The molecule has 134 valence electrons. The molecular weight excluding hydrogens is 356 g/mol. The summed E-state index contributed by atoms with van der Waals surface area (Å²) in [6, 6.07) is 11.0. The highest BCUT2D eigenvalue weighted by Gasteiger charge is 2.28. The van der Waals surface area contributed by atoms with Gasteiger partial charge in [0.2, 0.25) is 0 Å². The standard InChI is InChI=1S/C18H17ClN4O3/c19-13-5-2-1-4-12(13)11-26-18(24)23-8-9-25-15(10-23)17-21-14-6-3-7-20-16(14)22-17/h1-7,15H,8-11H2,(H,20,21,22)/t15-/m0/s1. The number of benzene rings is 1. The Morgan fingerprint density at radius 1 is 1.35 bits per heavy atom. The summed E-state index contributed by atoms with van der Waals surface area (Å²) in [5.41, 5.74) is 2.24. The summed E-state index contributed by atoms with van der Waals surface area (Å²) < 4.78 is 11.2. The van der Waals surface area contributed by atoms with Crippen molar-refractivity contribution in [2.24, 2.45) is 0 Å². The molecule has 1 fully saturated rings. The van der Waals surface area contributed by atoms with Gasteiger partial charge in [0.25, 0.3) is 0 Å². The van der Waals surface area contributed by atoms with Crippen LogP contribution in [0.5, 0.6) is 0 Å². The molecule has 7 nitrogen and oxygen atoms in total. The molecule has 1 aromatic carbocycles. The van der Waals surface area contributed by atoms with Crippen LogP contribution in [0, 0.1) is 0 Å². The molecule has 3 aromatic rings. The van der Waals surface area contributed by atoms with E-state index >= 15 is 0 Å². The van der Waals surface area contributed by atoms with Crippen molar-refractivity contribution in [2.75, 3.05) is 19.7 Å². The Morgan fingerprint density at radius 3 is 3.08 bits per heavy atom. The lowest BCUT2D eigenvalue weighted by Gasteiger charge is -2.31. The lowest BCUT2D eigenvalue weighted by atomic mass is 10.2. The predicted octanol–water partition coefficient (Wildman–Crippen LogP) is 3.32. The van der Waals surface area contributed by atoms with Gasteiger partial charge in [-0.25, -0.2) is 14.8 Å². The van der Waals surface area contributed by atoms with E-state index in [9.17, 15) is 4.79 Å². The Morgan fingerprint density at radius 2 is 2.23 bits per heavy atom. The van der Waals surface area contributed by atoms with Crippen molar-refractivity contribution in [2.45, 2.75) is 12.7 Å². The Hall–Kier alpha value is -2.64. The SMILES string of the molecule is O=C(OCc1ccccc1Cl)N1CCO[C@H](c2nc3cccnc3[nH]2)C1. The number of H-pyrrole nitrogens is 1. The van der Waals surface area contributed by atoms with Crippen LogP contribution in [0.3, 0.4) is 0 Å². The summed E-state index contributed by atoms with van der Waals surface area (Å²) >= 11 is 6.09. The van der Waals surface area contributed by atoms with E-state index in [0.717, 1.165) is 11.1 Å². The topological polar surface area (TPSA) is 80.3 Å². The number of nitrogens with zero attached hydrogens (tertiary/aromatic N) is 3. The van der Waals surface area contributed by atoms with E-state index in [1.807, 2.05) is 30.3 Å². The average molecular weight is 373 g/mol. The molecule has 1 N–H and O–H groups in total. The normalized spacial score (nSPS) is 17.4. The van der Waals surface area contributed by atoms with Crippen LogP contribution < -0.4 is 0 Å². The van der Waals surface area contributed by atoms with E-state index in [0.29, 0.717) is 36.2 Å². The molecular formula is C18H17ClN4O3. The van der Waals surface area contributed by atoms with E-state index in [-0.39, 0.29) is 12.7 Å². The van der Waals surface area contributed by atoms with E-state index in [1.54, 1.807) is 17.2 Å². The third-order valence-electron chi connectivity index (χ3n) is 4.21. The van der Waals surface area contributed by atoms with Gasteiger partial charge in [0.15, 0.2) is 5.65 Å². The van der Waals surface area contributed by atoms with Gasteiger partial charge in [-0.2, -0.15) is 0 Å². The van der Waals surface area contributed by atoms with Gasteiger partial charge >= 0.3 is 6.09 Å². The molecule has 0 saturated carbocycles. The fourth-order valence-corrected chi connectivity index (χ4v) is 3.03. The molecule has 0 radical (unpaired) electrons. The second kappa shape index (κ2) is 7.31. The quantitative estimate of drug-likeness (QED) is 0.762. The molecule has 8 heteroatoms. The minimum atomic E-state index is -0.396. The molecule has 3 heterocycles. The maximum Gasteiger partial charge on any atom is 0.410 e. The number of morpholine rings is 1. The molecule has 26 heavy (non-hydrogen) atoms. The molecule has 0 unspecified atom stereocenters. The molecule has 1 atom stereocenters. The zero-order chi connectivity index (χ0) is 17.9. The molecule has 1 aliphatic heterocycles. The van der Waals surface area contributed by atoms with E-state index in [2.05, 4.69) is 15.0 Å². The van der Waals surface area contributed by atoms with Crippen molar-refractivity contribution >= 4 is 28.9 Å². The number of amides is 1. The van der Waals surface area contributed by atoms with Crippen molar-refractivity contribution in [3.63, 3.8) is 0 Å². The Kier molecular flexibility index (Phi) is 4.73. The van der Waals surface area contributed by atoms with Crippen molar-refractivity contribution in [1.82, 2.24) is 19.9 Å². The predicted molar refractivity (Wildman–Crippen MR) is 95.8 cm³/mol. The van der Waals surface area contributed by atoms with Gasteiger partial charge in [-0.15, -0.1) is 0 Å². The number of imidazole rings is 1. The van der Waals surface area contributed by atoms with Crippen molar-refractivity contribution in [3.05, 3.63) is 59.0 Å². The highest BCUT2D eigenvalue weighted by atomic mass is 35.5. The smallest absolute Gasteiger partial charge is 0.410 e. The number of ether oxygens (including phenoxy) is 2. The fourth-order valence-electron chi connectivity index (χ4n) is 2.84. The van der Waals surface area contributed by atoms with Crippen LogP contribution in [0.25, 0.3) is 11.2 Å². The number of aromatic nitrogens is 3. The highest BCUT2D eigenvalue weighted by Crippen LogP contribution is 2.23. The largest absolute Gasteiger partial charge is 0.444 e. The van der Waals surface area contributed by atoms with Crippen molar-refractivity contribution in [1.29, 1.82) is 0 Å². The van der Waals surface area contributed by atoms with E-state index < -0.39 is 6.09 Å². The van der Waals surface area contributed by atoms with Gasteiger partial charge in [-0.1, -0.05) is 29.8 Å². The minimum absolute atomic E-state index is 0.134. The first-order chi connectivity index (χ1) is 12.7. The van der Waals surface area contributed by atoms with Crippen LogP contribution in [0.1, 0.15) is 17.5 Å². The van der Waals surface area contributed by atoms with Gasteiger partial charge in [0.05, 0.1) is 13.2 Å². The Balaban J connectivity index is 1.41. The Labute approximate surface area is 154 Å². The lowest BCUT2D eigenvalue weighted by molar-refractivity contribution is -0.0330. The van der Waals surface area contributed by atoms with Crippen LogP contribution in [-0.2, 0) is 16.1 Å². The number of rotatable bonds is 3. The third kappa shape index (κ3) is 3.49. The first kappa shape index (κ1) is 16.8. The summed E-state index contributed by atoms with van der Waals surface area (Å²) in [5.74, 6) is 0.655. The summed E-state index contributed by atoms with van der Waals surface area (Å²) in [7, 11) is 0. The number of carbonyl (C=O) groups is 1. The van der Waals surface area contributed by atoms with Gasteiger partial charge in [0, 0.05) is 23.3 Å². The third-order valence-corrected chi connectivity index (χ3v) is 4.58. The number of pyridine rings is 1. The number of aromatic amines is 1. The number of carbonyl (C=O) groups excluding carboxylic acids is 1. The molecule has 2 aromatic heterocycles. The lowest BCUT2D eigenvalue weighted by Crippen LogP contribution is -2.42. The van der Waals surface area contributed by atoms with E-state index in [1.165, 1.54) is 0 Å². The number of hydrogen-bond acceptors (Lipinski definition) is 5. The molecule has 1 amide bonds. The number of fused-ring (bicyclic) bond motifs is 1. The van der Waals surface area contributed by atoms with E-state index in [4.69, 9.17) is 21.1 Å². The first-order valence-corrected chi connectivity index (χ1v) is 8.66. The Bertz CT molecular complexity index is 896. The molecule has 4 rings (SSSR count). The maximum absolute atomic E-state index is 12.4. The molecule has 1 saturated heterocycles. The first-order valence-electron chi connectivity index (χ1n) is 8.28. The second-order valence-electron chi connectivity index (χ2n) is 5.94. The summed E-state index contributed by atoms with van der Waals surface area (Å²) in [4.78, 5) is 25.9. The van der Waals surface area contributed by atoms with Gasteiger partial charge in [-0.05, 0) is 18.2 Å². The highest BCUT2D eigenvalue weighted by molar-refractivity contribution is 6.31. The van der Waals surface area contributed by atoms with Crippen LogP contribution >= 0.6 is 11.6 Å². The van der Waals surface area contributed by atoms with Crippen LogP contribution in [0.4, 0.5) is 4.79 Å². The molecule has 0 spiro atoms. The molecule has 0 aliphatic carbocycles. The summed E-state index contributed by atoms with van der Waals surface area (Å²) in [6.45, 7) is 1.38. The van der Waals surface area contributed by atoms with Gasteiger partial charge in [0.1, 0.15) is 24.1 Å². The maximum atomic E-state index is 12.4. The average Bonchev–Trinajstić information content (AvgIpc) is 3.11.